The molecule has 0 saturated heterocycles. The van der Waals surface area contributed by atoms with E-state index >= 15 is 0 Å². The fourth-order valence-corrected chi connectivity index (χ4v) is 3.11. The van der Waals surface area contributed by atoms with E-state index in [1.54, 1.807) is 17.8 Å². The first-order valence-corrected chi connectivity index (χ1v) is 8.17. The molecule has 2 rings (SSSR count). The molecule has 1 unspecified atom stereocenters. The van der Waals surface area contributed by atoms with Crippen LogP contribution in [0.2, 0.25) is 0 Å². The van der Waals surface area contributed by atoms with E-state index in [9.17, 15) is 4.39 Å². The Kier molecular flexibility index (Phi) is 5.64. The lowest BCUT2D eigenvalue weighted by Crippen LogP contribution is -2.22. The van der Waals surface area contributed by atoms with Crippen LogP contribution in [0.15, 0.2) is 56.7 Å². The Morgan fingerprint density at radius 2 is 1.90 bits per heavy atom. The zero-order chi connectivity index (χ0) is 14.5. The molecule has 0 aliphatic heterocycles. The van der Waals surface area contributed by atoms with Gasteiger partial charge in [0.2, 0.25) is 0 Å². The zero-order valence-corrected chi connectivity index (χ0v) is 13.7. The van der Waals surface area contributed by atoms with Crippen molar-refractivity contribution < 1.29 is 4.39 Å². The topological polar surface area (TPSA) is 26.0 Å². The van der Waals surface area contributed by atoms with Crippen molar-refractivity contribution in [1.82, 2.24) is 0 Å². The van der Waals surface area contributed by atoms with Crippen LogP contribution in [-0.2, 0) is 6.42 Å². The first kappa shape index (κ1) is 15.5. The highest BCUT2D eigenvalue weighted by Crippen LogP contribution is 2.33. The van der Waals surface area contributed by atoms with E-state index in [0.29, 0.717) is 6.42 Å². The molecule has 4 heteroatoms. The van der Waals surface area contributed by atoms with Gasteiger partial charge in [0.25, 0.3) is 0 Å². The van der Waals surface area contributed by atoms with Crippen LogP contribution < -0.4 is 5.73 Å². The van der Waals surface area contributed by atoms with E-state index in [4.69, 9.17) is 5.73 Å². The summed E-state index contributed by atoms with van der Waals surface area (Å²) in [5.41, 5.74) is 6.69. The van der Waals surface area contributed by atoms with Gasteiger partial charge in [-0.25, -0.2) is 4.39 Å². The summed E-state index contributed by atoms with van der Waals surface area (Å²) in [4.78, 5) is 2.03. The van der Waals surface area contributed by atoms with Crippen LogP contribution in [0, 0.1) is 5.82 Å². The predicted molar refractivity (Wildman–Crippen MR) is 86.6 cm³/mol. The smallest absolute Gasteiger partial charge is 0.127 e. The minimum atomic E-state index is -0.170. The van der Waals surface area contributed by atoms with Gasteiger partial charge in [-0.2, -0.15) is 0 Å². The van der Waals surface area contributed by atoms with Crippen molar-refractivity contribution in [2.45, 2.75) is 35.6 Å². The van der Waals surface area contributed by atoms with Gasteiger partial charge in [-0.1, -0.05) is 40.7 Å². The second-order valence-electron chi connectivity index (χ2n) is 4.64. The minimum absolute atomic E-state index is 0.00355. The Balaban J connectivity index is 2.26. The average Bonchev–Trinajstić information content (AvgIpc) is 2.45. The third kappa shape index (κ3) is 4.08. The highest BCUT2D eigenvalue weighted by molar-refractivity contribution is 9.10. The fourth-order valence-electron chi connectivity index (χ4n) is 1.87. The number of nitrogens with two attached hydrogens (primary N) is 1. The Labute approximate surface area is 131 Å². The van der Waals surface area contributed by atoms with Gasteiger partial charge >= 0.3 is 0 Å². The van der Waals surface area contributed by atoms with Gasteiger partial charge in [-0.15, -0.1) is 0 Å². The van der Waals surface area contributed by atoms with Crippen molar-refractivity contribution in [2.75, 3.05) is 0 Å². The summed E-state index contributed by atoms with van der Waals surface area (Å²) in [5.74, 6) is -0.170. The molecule has 2 aromatic rings. The lowest BCUT2D eigenvalue weighted by molar-refractivity contribution is 0.571. The molecule has 2 N–H and O–H groups in total. The highest BCUT2D eigenvalue weighted by Gasteiger charge is 2.12. The van der Waals surface area contributed by atoms with Crippen molar-refractivity contribution in [2.24, 2.45) is 5.73 Å². The lowest BCUT2D eigenvalue weighted by atomic mass is 10.0. The Hall–Kier alpha value is -0.840. The fraction of sp³-hybridized carbons (Fsp3) is 0.250. The van der Waals surface area contributed by atoms with E-state index in [1.165, 1.54) is 6.07 Å². The molecule has 0 bridgehead atoms. The van der Waals surface area contributed by atoms with Crippen molar-refractivity contribution in [3.8, 4) is 0 Å². The summed E-state index contributed by atoms with van der Waals surface area (Å²) in [5, 5.41) is 0. The first-order chi connectivity index (χ1) is 9.60. The van der Waals surface area contributed by atoms with Crippen LogP contribution in [-0.4, -0.2) is 6.04 Å². The third-order valence-corrected chi connectivity index (χ3v) is 4.75. The number of hydrogen-bond donors (Lipinski definition) is 1. The molecule has 0 heterocycles. The highest BCUT2D eigenvalue weighted by atomic mass is 79.9. The van der Waals surface area contributed by atoms with Gasteiger partial charge in [-0.3, -0.25) is 0 Å². The number of hydrogen-bond acceptors (Lipinski definition) is 2. The molecular weight excluding hydrogens is 337 g/mol. The predicted octanol–water partition coefficient (Wildman–Crippen LogP) is 5.02. The minimum Gasteiger partial charge on any atom is -0.327 e. The van der Waals surface area contributed by atoms with Crippen LogP contribution in [0.3, 0.4) is 0 Å². The third-order valence-electron chi connectivity index (χ3n) is 3.11. The van der Waals surface area contributed by atoms with E-state index < -0.39 is 0 Å². The Bertz CT molecular complexity index is 571. The molecule has 0 amide bonds. The molecule has 0 aliphatic rings. The van der Waals surface area contributed by atoms with E-state index in [2.05, 4.69) is 15.9 Å². The van der Waals surface area contributed by atoms with E-state index in [0.717, 1.165) is 26.2 Å². The van der Waals surface area contributed by atoms with E-state index in [-0.39, 0.29) is 11.9 Å². The van der Waals surface area contributed by atoms with Gasteiger partial charge < -0.3 is 5.73 Å². The molecule has 0 radical (unpaired) electrons. The summed E-state index contributed by atoms with van der Waals surface area (Å²) >= 11 is 4.99. The number of rotatable bonds is 5. The van der Waals surface area contributed by atoms with Gasteiger partial charge in [-0.05, 0) is 49.2 Å². The first-order valence-electron chi connectivity index (χ1n) is 6.56. The van der Waals surface area contributed by atoms with E-state index in [1.807, 2.05) is 37.3 Å². The summed E-state index contributed by atoms with van der Waals surface area (Å²) in [6.07, 6.45) is 1.42. The molecular formula is C16H17BrFNS. The van der Waals surface area contributed by atoms with Gasteiger partial charge in [0.1, 0.15) is 5.82 Å². The van der Waals surface area contributed by atoms with Gasteiger partial charge in [0.15, 0.2) is 0 Å². The molecule has 20 heavy (non-hydrogen) atoms. The van der Waals surface area contributed by atoms with Crippen LogP contribution in [0.5, 0.6) is 0 Å². The maximum absolute atomic E-state index is 14.0. The normalized spacial score (nSPS) is 12.4. The molecule has 2 aromatic carbocycles. The summed E-state index contributed by atoms with van der Waals surface area (Å²) in [6.45, 7) is 2.02. The molecule has 0 saturated carbocycles. The Morgan fingerprint density at radius 1 is 1.20 bits per heavy atom. The average molecular weight is 354 g/mol. The van der Waals surface area contributed by atoms with Crippen molar-refractivity contribution in [3.05, 3.63) is 58.3 Å². The molecule has 0 aliphatic carbocycles. The maximum atomic E-state index is 14.0. The second-order valence-corrected chi connectivity index (χ2v) is 6.68. The molecule has 106 valence electrons. The number of benzene rings is 2. The summed E-state index contributed by atoms with van der Waals surface area (Å²) in [6, 6.07) is 13.2. The largest absolute Gasteiger partial charge is 0.327 e. The Morgan fingerprint density at radius 3 is 2.55 bits per heavy atom. The van der Waals surface area contributed by atoms with Crippen molar-refractivity contribution >= 4 is 27.7 Å². The molecule has 1 atom stereocenters. The van der Waals surface area contributed by atoms with Crippen molar-refractivity contribution in [1.29, 1.82) is 0 Å². The number of halogens is 2. The maximum Gasteiger partial charge on any atom is 0.127 e. The van der Waals surface area contributed by atoms with Crippen LogP contribution in [0.4, 0.5) is 4.39 Å². The van der Waals surface area contributed by atoms with Gasteiger partial charge in [0, 0.05) is 25.9 Å². The SMILES string of the molecule is CCC(N)Cc1c(F)cccc1Sc1ccc(Br)cc1. The summed E-state index contributed by atoms with van der Waals surface area (Å²) < 4.78 is 15.1. The van der Waals surface area contributed by atoms with Gasteiger partial charge in [0.05, 0.1) is 0 Å². The molecule has 0 spiro atoms. The summed E-state index contributed by atoms with van der Waals surface area (Å²) in [7, 11) is 0. The second kappa shape index (κ2) is 7.25. The molecule has 0 fully saturated rings. The van der Waals surface area contributed by atoms with Crippen LogP contribution in [0.1, 0.15) is 18.9 Å². The molecule has 0 aromatic heterocycles. The monoisotopic (exact) mass is 353 g/mol. The standard InChI is InChI=1S/C16H17BrFNS/c1-2-12(19)10-14-15(18)4-3-5-16(14)20-13-8-6-11(17)7-9-13/h3-9,12H,2,10,19H2,1H3. The molecule has 1 nitrogen and oxygen atoms in total. The van der Waals surface area contributed by atoms with Crippen LogP contribution >= 0.6 is 27.7 Å². The quantitative estimate of drug-likeness (QED) is 0.816. The van der Waals surface area contributed by atoms with Crippen molar-refractivity contribution in [3.63, 3.8) is 0 Å². The zero-order valence-electron chi connectivity index (χ0n) is 11.3. The van der Waals surface area contributed by atoms with Crippen LogP contribution in [0.25, 0.3) is 0 Å². The lowest BCUT2D eigenvalue weighted by Gasteiger charge is -2.14.